The molecule has 74 valence electrons. The van der Waals surface area contributed by atoms with Crippen LogP contribution >= 0.6 is 0 Å². The molecular formula is C6H14O5S. The molecule has 1 heterocycles. The van der Waals surface area contributed by atoms with E-state index in [-0.39, 0.29) is 0 Å². The maximum Gasteiger partial charge on any atom is 0.399 e. The van der Waals surface area contributed by atoms with Crippen molar-refractivity contribution < 1.29 is 21.5 Å². The van der Waals surface area contributed by atoms with Crippen LogP contribution in [0, 0.1) is 0 Å². The van der Waals surface area contributed by atoms with E-state index in [0.29, 0.717) is 0 Å². The Morgan fingerprint density at radius 3 is 1.58 bits per heavy atom. The molecule has 0 N–H and O–H groups in total. The number of hydrogen-bond donors (Lipinski definition) is 0. The van der Waals surface area contributed by atoms with E-state index >= 15 is 0 Å². The average Bonchev–Trinajstić information content (AvgIpc) is 2.62. The second-order valence-electron chi connectivity index (χ2n) is 2.06. The van der Waals surface area contributed by atoms with Gasteiger partial charge in [-0.1, -0.05) is 0 Å². The van der Waals surface area contributed by atoms with Gasteiger partial charge in [-0.15, -0.1) is 0 Å². The summed E-state index contributed by atoms with van der Waals surface area (Å²) in [6, 6.07) is 0. The Hall–Kier alpha value is -0.170. The molecule has 0 bridgehead atoms. The first kappa shape index (κ1) is 11.8. The Bertz CT molecular complexity index is 165. The lowest BCUT2D eigenvalue weighted by atomic mass is 10.4. The van der Waals surface area contributed by atoms with Gasteiger partial charge in [-0.25, -0.2) is 0 Å². The van der Waals surface area contributed by atoms with E-state index < -0.39 is 10.4 Å². The molecule has 1 saturated heterocycles. The molecule has 1 aliphatic heterocycles. The number of ether oxygens (including phenoxy) is 1. The van der Waals surface area contributed by atoms with Crippen molar-refractivity contribution in [3.63, 3.8) is 0 Å². The minimum Gasteiger partial charge on any atom is -0.381 e. The normalized spacial score (nSPS) is 16.8. The summed E-state index contributed by atoms with van der Waals surface area (Å²) in [6.45, 7) is 2.00. The topological polar surface area (TPSA) is 61.8 Å². The second-order valence-corrected chi connectivity index (χ2v) is 3.54. The third-order valence-corrected chi connectivity index (χ3v) is 2.05. The first-order chi connectivity index (χ1) is 5.62. The molecule has 1 fully saturated rings. The van der Waals surface area contributed by atoms with Crippen molar-refractivity contribution >= 4 is 10.4 Å². The molecule has 0 radical (unpaired) electrons. The van der Waals surface area contributed by atoms with Gasteiger partial charge in [-0.05, 0) is 12.8 Å². The molecule has 1 aliphatic rings. The van der Waals surface area contributed by atoms with Crippen LogP contribution in [0.15, 0.2) is 0 Å². The van der Waals surface area contributed by atoms with Gasteiger partial charge in [0.05, 0.1) is 14.2 Å². The van der Waals surface area contributed by atoms with Crippen LogP contribution in [0.2, 0.25) is 0 Å². The van der Waals surface area contributed by atoms with Crippen molar-refractivity contribution in [1.29, 1.82) is 0 Å². The summed E-state index contributed by atoms with van der Waals surface area (Å²) in [4.78, 5) is 0. The summed E-state index contributed by atoms with van der Waals surface area (Å²) in [7, 11) is -1.60. The second kappa shape index (κ2) is 6.36. The van der Waals surface area contributed by atoms with E-state index in [1.165, 1.54) is 12.8 Å². The predicted octanol–water partition coefficient (Wildman–Crippen LogP) is 0.321. The van der Waals surface area contributed by atoms with E-state index in [0.717, 1.165) is 27.4 Å². The van der Waals surface area contributed by atoms with Crippen LogP contribution in [-0.4, -0.2) is 35.9 Å². The molecule has 0 saturated carbocycles. The minimum atomic E-state index is -3.66. The molecule has 6 heteroatoms. The van der Waals surface area contributed by atoms with Gasteiger partial charge in [0.25, 0.3) is 0 Å². The van der Waals surface area contributed by atoms with Crippen LogP contribution in [-0.2, 0) is 23.5 Å². The fourth-order valence-electron chi connectivity index (χ4n) is 0.578. The Labute approximate surface area is 72.9 Å². The van der Waals surface area contributed by atoms with Gasteiger partial charge < -0.3 is 4.74 Å². The molecule has 0 aromatic carbocycles. The van der Waals surface area contributed by atoms with E-state index in [2.05, 4.69) is 8.37 Å². The van der Waals surface area contributed by atoms with Crippen LogP contribution in [0.25, 0.3) is 0 Å². The Kier molecular flexibility index (Phi) is 6.27. The fraction of sp³-hybridized carbons (Fsp3) is 1.00. The van der Waals surface area contributed by atoms with E-state index in [9.17, 15) is 8.42 Å². The number of hydrogen-bond acceptors (Lipinski definition) is 5. The van der Waals surface area contributed by atoms with Crippen LogP contribution in [0.4, 0.5) is 0 Å². The zero-order valence-corrected chi connectivity index (χ0v) is 8.09. The van der Waals surface area contributed by atoms with Gasteiger partial charge in [-0.3, -0.25) is 8.37 Å². The fourth-order valence-corrected chi connectivity index (χ4v) is 0.714. The standard InChI is InChI=1S/C4H8O.C2H6O4S/c1-2-4-5-3-1;1-5-7(3,4)6-2/h1-4H2;1-2H3. The summed E-state index contributed by atoms with van der Waals surface area (Å²) in [5.41, 5.74) is 0. The molecule has 0 amide bonds. The smallest absolute Gasteiger partial charge is 0.381 e. The average molecular weight is 198 g/mol. The maximum absolute atomic E-state index is 9.92. The lowest BCUT2D eigenvalue weighted by molar-refractivity contribution is 0.198. The highest BCUT2D eigenvalue weighted by Crippen LogP contribution is 1.98. The van der Waals surface area contributed by atoms with Gasteiger partial charge >= 0.3 is 10.4 Å². The molecule has 0 aliphatic carbocycles. The van der Waals surface area contributed by atoms with Gasteiger partial charge in [0.1, 0.15) is 0 Å². The molecule has 1 rings (SSSR count). The molecule has 12 heavy (non-hydrogen) atoms. The van der Waals surface area contributed by atoms with Crippen LogP contribution in [0.5, 0.6) is 0 Å². The van der Waals surface area contributed by atoms with Crippen molar-refractivity contribution in [1.82, 2.24) is 0 Å². The third kappa shape index (κ3) is 6.53. The van der Waals surface area contributed by atoms with Crippen molar-refractivity contribution in [2.75, 3.05) is 27.4 Å². The zero-order valence-electron chi connectivity index (χ0n) is 7.28. The van der Waals surface area contributed by atoms with E-state index in [4.69, 9.17) is 4.74 Å². The monoisotopic (exact) mass is 198 g/mol. The number of rotatable bonds is 2. The molecular weight excluding hydrogens is 184 g/mol. The van der Waals surface area contributed by atoms with Gasteiger partial charge in [0.15, 0.2) is 0 Å². The Morgan fingerprint density at radius 2 is 1.50 bits per heavy atom. The third-order valence-electron chi connectivity index (χ3n) is 1.24. The molecule has 5 nitrogen and oxygen atoms in total. The molecule has 0 aromatic rings. The van der Waals surface area contributed by atoms with Crippen molar-refractivity contribution in [3.05, 3.63) is 0 Å². The quantitative estimate of drug-likeness (QED) is 0.639. The summed E-state index contributed by atoms with van der Waals surface area (Å²) >= 11 is 0. The first-order valence-corrected chi connectivity index (χ1v) is 4.89. The minimum absolute atomic E-state index is 1.00. The summed E-state index contributed by atoms with van der Waals surface area (Å²) in [5, 5.41) is 0. The Balaban J connectivity index is 0.000000211. The lowest BCUT2D eigenvalue weighted by Gasteiger charge is -1.91. The molecule has 0 unspecified atom stereocenters. The predicted molar refractivity (Wildman–Crippen MR) is 43.0 cm³/mol. The highest BCUT2D eigenvalue weighted by atomic mass is 32.3. The SMILES string of the molecule is C1CCOC1.COS(=O)(=O)OC. The largest absolute Gasteiger partial charge is 0.399 e. The van der Waals surface area contributed by atoms with Gasteiger partial charge in [0, 0.05) is 13.2 Å². The van der Waals surface area contributed by atoms with Crippen molar-refractivity contribution in [3.8, 4) is 0 Å². The molecule has 0 spiro atoms. The Morgan fingerprint density at radius 1 is 1.08 bits per heavy atom. The summed E-state index contributed by atoms with van der Waals surface area (Å²) < 4.78 is 32.5. The van der Waals surface area contributed by atoms with Crippen molar-refractivity contribution in [2.45, 2.75) is 12.8 Å². The van der Waals surface area contributed by atoms with E-state index in [1.54, 1.807) is 0 Å². The highest BCUT2D eigenvalue weighted by Gasteiger charge is 2.01. The maximum atomic E-state index is 9.92. The molecule has 0 aromatic heterocycles. The highest BCUT2D eigenvalue weighted by molar-refractivity contribution is 7.81. The van der Waals surface area contributed by atoms with Crippen LogP contribution < -0.4 is 0 Å². The van der Waals surface area contributed by atoms with Gasteiger partial charge in [0.2, 0.25) is 0 Å². The lowest BCUT2D eigenvalue weighted by Crippen LogP contribution is -2.02. The summed E-state index contributed by atoms with van der Waals surface area (Å²) in [5.74, 6) is 0. The zero-order chi connectivity index (χ0) is 9.45. The molecule has 0 atom stereocenters. The summed E-state index contributed by atoms with van der Waals surface area (Å²) in [6.07, 6.45) is 2.56. The van der Waals surface area contributed by atoms with E-state index in [1.807, 2.05) is 0 Å². The van der Waals surface area contributed by atoms with Crippen LogP contribution in [0.3, 0.4) is 0 Å². The van der Waals surface area contributed by atoms with Gasteiger partial charge in [-0.2, -0.15) is 8.42 Å². The van der Waals surface area contributed by atoms with Crippen molar-refractivity contribution in [2.24, 2.45) is 0 Å². The van der Waals surface area contributed by atoms with Crippen LogP contribution in [0.1, 0.15) is 12.8 Å². The first-order valence-electron chi connectivity index (χ1n) is 3.56.